The van der Waals surface area contributed by atoms with E-state index in [1.807, 2.05) is 12.1 Å². The summed E-state index contributed by atoms with van der Waals surface area (Å²) in [6.07, 6.45) is 9.12. The number of hydrogen-bond donors (Lipinski definition) is 3. The number of halogens is 1. The summed E-state index contributed by atoms with van der Waals surface area (Å²) in [5, 5.41) is 26.8. The Hall–Kier alpha value is -2.26. The summed E-state index contributed by atoms with van der Waals surface area (Å²) in [6, 6.07) is 8.45. The van der Waals surface area contributed by atoms with Gasteiger partial charge in [-0.1, -0.05) is 84.7 Å². The van der Waals surface area contributed by atoms with Crippen molar-refractivity contribution >= 4 is 29.3 Å². The molecule has 1 aromatic rings. The van der Waals surface area contributed by atoms with Gasteiger partial charge < -0.3 is 20.3 Å². The van der Waals surface area contributed by atoms with Gasteiger partial charge in [0.25, 0.3) is 0 Å². The lowest BCUT2D eigenvalue weighted by Gasteiger charge is -2.68. The molecular weight excluding hydrogens is 748 g/mol. The quantitative estimate of drug-likeness (QED) is 0.159. The van der Waals surface area contributed by atoms with Crippen molar-refractivity contribution in [3.05, 3.63) is 46.0 Å². The van der Waals surface area contributed by atoms with Gasteiger partial charge in [-0.25, -0.2) is 0 Å². The molecule has 4 aliphatic carbocycles. The molecular formula is C49H75ClN2O6. The second-order valence-corrected chi connectivity index (χ2v) is 22.4. The maximum atomic E-state index is 14.4. The zero-order chi connectivity index (χ0) is 42.6. The predicted octanol–water partition coefficient (Wildman–Crippen LogP) is 10.0. The highest BCUT2D eigenvalue weighted by Gasteiger charge is 2.67. The van der Waals surface area contributed by atoms with Crippen LogP contribution in [0.25, 0.3) is 0 Å². The Morgan fingerprint density at radius 3 is 2.29 bits per heavy atom. The normalized spacial score (nSPS) is 35.6. The van der Waals surface area contributed by atoms with Crippen LogP contribution in [0.2, 0.25) is 5.02 Å². The summed E-state index contributed by atoms with van der Waals surface area (Å²) in [4.78, 5) is 41.6. The Morgan fingerprint density at radius 1 is 1.02 bits per heavy atom. The van der Waals surface area contributed by atoms with E-state index in [1.165, 1.54) is 17.6 Å². The minimum atomic E-state index is -1.17. The van der Waals surface area contributed by atoms with E-state index >= 15 is 0 Å². The van der Waals surface area contributed by atoms with Gasteiger partial charge >= 0.3 is 11.9 Å². The molecule has 1 heterocycles. The van der Waals surface area contributed by atoms with Crippen LogP contribution in [0.1, 0.15) is 152 Å². The Balaban J connectivity index is 1.28. The summed E-state index contributed by atoms with van der Waals surface area (Å²) in [7, 11) is 0. The zero-order valence-corrected chi connectivity index (χ0v) is 38.2. The topological polar surface area (TPSA) is 116 Å². The lowest BCUT2D eigenvalue weighted by molar-refractivity contribution is -0.187. The van der Waals surface area contributed by atoms with Crippen LogP contribution in [-0.4, -0.2) is 70.7 Å². The summed E-state index contributed by atoms with van der Waals surface area (Å²) >= 11 is 6.27. The molecule has 3 N–H and O–H groups in total. The maximum Gasteiger partial charge on any atom is 0.309 e. The number of esters is 1. The second kappa shape index (κ2) is 16.5. The van der Waals surface area contributed by atoms with E-state index in [2.05, 4.69) is 77.7 Å². The average Bonchev–Trinajstić information content (AvgIpc) is 3.76. The fourth-order valence-electron chi connectivity index (χ4n) is 13.6. The summed E-state index contributed by atoms with van der Waals surface area (Å²) in [6.45, 7) is 25.0. The maximum absolute atomic E-state index is 14.4. The number of ether oxygens (including phenoxy) is 1. The van der Waals surface area contributed by atoms with Crippen molar-refractivity contribution in [1.29, 1.82) is 0 Å². The molecule has 6 rings (SSSR count). The molecule has 9 heteroatoms. The predicted molar refractivity (Wildman–Crippen MR) is 231 cm³/mol. The van der Waals surface area contributed by atoms with Gasteiger partial charge in [0.2, 0.25) is 0 Å². The fraction of sp³-hybridized carbons (Fsp3) is 0.776. The molecule has 0 radical (unpaired) electrons. The number of carbonyl (C=O) groups is 3. The van der Waals surface area contributed by atoms with E-state index < -0.39 is 28.9 Å². The van der Waals surface area contributed by atoms with Crippen LogP contribution in [0, 0.1) is 50.2 Å². The lowest BCUT2D eigenvalue weighted by atomic mass is 9.37. The van der Waals surface area contributed by atoms with Crippen molar-refractivity contribution in [3.8, 4) is 0 Å². The van der Waals surface area contributed by atoms with E-state index in [9.17, 15) is 24.6 Å². The highest BCUT2D eigenvalue weighted by Crippen LogP contribution is 2.73. The molecule has 5 aliphatic rings. The number of carboxylic acids is 1. The van der Waals surface area contributed by atoms with Crippen LogP contribution >= 0.6 is 11.6 Å². The molecule has 8 nitrogen and oxygen atoms in total. The number of nitrogens with one attached hydrogen (secondary N) is 1. The Morgan fingerprint density at radius 2 is 1.71 bits per heavy atom. The molecule has 4 fully saturated rings. The first-order valence-electron chi connectivity index (χ1n) is 22.6. The van der Waals surface area contributed by atoms with Crippen molar-refractivity contribution in [2.24, 2.45) is 50.2 Å². The van der Waals surface area contributed by atoms with Crippen LogP contribution in [0.3, 0.4) is 0 Å². The molecule has 1 aliphatic heterocycles. The highest BCUT2D eigenvalue weighted by atomic mass is 35.5. The van der Waals surface area contributed by atoms with Crippen molar-refractivity contribution in [3.63, 3.8) is 0 Å². The third-order valence-corrected chi connectivity index (χ3v) is 17.2. The number of ketones is 1. The van der Waals surface area contributed by atoms with Gasteiger partial charge in [0.05, 0.1) is 17.9 Å². The van der Waals surface area contributed by atoms with Crippen molar-refractivity contribution in [2.75, 3.05) is 19.6 Å². The van der Waals surface area contributed by atoms with Gasteiger partial charge in [0.1, 0.15) is 6.10 Å². The van der Waals surface area contributed by atoms with E-state index in [-0.39, 0.29) is 51.8 Å². The number of nitrogens with zero attached hydrogens (tertiary/aromatic N) is 1. The zero-order valence-electron chi connectivity index (χ0n) is 37.4. The number of hydrogen-bond acceptors (Lipinski definition) is 7. The highest BCUT2D eigenvalue weighted by molar-refractivity contribution is 6.30. The number of Topliss-reactive ketones (excluding diaryl/α,β-unsaturated/α-hetero) is 1. The fourth-order valence-corrected chi connectivity index (χ4v) is 13.8. The lowest BCUT2D eigenvalue weighted by Crippen LogP contribution is -2.61. The number of fused-ring (bicyclic) bond motifs is 3. The molecule has 1 saturated heterocycles. The average molecular weight is 824 g/mol. The van der Waals surface area contributed by atoms with Crippen LogP contribution in [0.4, 0.5) is 0 Å². The minimum Gasteiger partial charge on any atom is -0.481 e. The molecule has 1 aromatic carbocycles. The minimum absolute atomic E-state index is 0.0106. The molecule has 0 aromatic heterocycles. The largest absolute Gasteiger partial charge is 0.481 e. The molecule has 0 spiro atoms. The number of rotatable bonds is 14. The number of carboxylic acid groups (broad SMARTS) is 1. The monoisotopic (exact) mass is 823 g/mol. The molecule has 324 valence electrons. The third-order valence-electron chi connectivity index (χ3n) is 17.0. The van der Waals surface area contributed by atoms with Gasteiger partial charge in [-0.3, -0.25) is 19.3 Å². The van der Waals surface area contributed by atoms with Gasteiger partial charge in [-0.05, 0) is 142 Å². The van der Waals surface area contributed by atoms with Gasteiger partial charge in [0, 0.05) is 47.9 Å². The van der Waals surface area contributed by atoms with Crippen LogP contribution in [-0.2, 0) is 25.7 Å². The van der Waals surface area contributed by atoms with Crippen molar-refractivity contribution in [2.45, 2.75) is 171 Å². The van der Waals surface area contributed by atoms with E-state index in [0.29, 0.717) is 24.9 Å². The van der Waals surface area contributed by atoms with Crippen molar-refractivity contribution in [1.82, 2.24) is 10.2 Å². The van der Waals surface area contributed by atoms with Gasteiger partial charge in [-0.15, -0.1) is 0 Å². The Bertz CT molecular complexity index is 1730. The van der Waals surface area contributed by atoms with Crippen molar-refractivity contribution < 1.29 is 29.3 Å². The van der Waals surface area contributed by atoms with Gasteiger partial charge in [-0.2, -0.15) is 0 Å². The second-order valence-electron chi connectivity index (χ2n) is 21.9. The van der Waals surface area contributed by atoms with Crippen LogP contribution < -0.4 is 5.32 Å². The smallest absolute Gasteiger partial charge is 0.309 e. The number of aliphatic hydroxyl groups is 1. The number of benzene rings is 1. The van der Waals surface area contributed by atoms with Crippen LogP contribution in [0.15, 0.2) is 35.4 Å². The number of aliphatic hydroxyl groups excluding tert-OH is 1. The first kappa shape index (κ1) is 45.3. The molecule has 3 saturated carbocycles. The van der Waals surface area contributed by atoms with E-state index in [0.717, 1.165) is 88.0 Å². The van der Waals surface area contributed by atoms with E-state index in [4.69, 9.17) is 16.3 Å². The molecule has 9 atom stereocenters. The molecule has 58 heavy (non-hydrogen) atoms. The number of aliphatic carboxylic acids is 1. The first-order chi connectivity index (χ1) is 27.0. The standard InChI is InChI=1S/C49H75ClN2O6/c1-11-47(9)37(46(8)21-20-39(45(6,7)30-46)58-40(55)26-44(4,5)43(56)57)19-18-35-42-41(31(2)3)36(53)25-49(42,23-22-48(35,47)10)38(54)29-52(28-34-13-12-24-51-34)27-32-14-16-33(50)17-15-32/h14-17,31,34-35,37-39,51,54H,11-13,18-30H2,1-10H3,(H,56,57). The molecule has 9 unspecified atom stereocenters. The Kier molecular flexibility index (Phi) is 12.9. The SMILES string of the molecule is CCC1(C)C(C2(C)CCC(OC(=O)CC(C)(C)C(=O)O)C(C)(C)C2)CCC2C3=C(C(C)C)C(=O)CC3(C(O)CN(Cc3ccc(Cl)cc3)CC3CCCN3)CCC21C. The summed E-state index contributed by atoms with van der Waals surface area (Å²) in [5.41, 5.74) is 1.37. The third kappa shape index (κ3) is 8.23. The van der Waals surface area contributed by atoms with Gasteiger partial charge in [0.15, 0.2) is 5.78 Å². The first-order valence-corrected chi connectivity index (χ1v) is 23.0. The number of allylic oxidation sites excluding steroid dienone is 1. The Labute approximate surface area is 354 Å². The summed E-state index contributed by atoms with van der Waals surface area (Å²) < 4.78 is 6.11. The summed E-state index contributed by atoms with van der Waals surface area (Å²) in [5.74, 6) is -0.452. The van der Waals surface area contributed by atoms with E-state index in [1.54, 1.807) is 13.8 Å². The molecule has 0 amide bonds. The number of carbonyl (C=O) groups excluding carboxylic acids is 2. The van der Waals surface area contributed by atoms with Crippen LogP contribution in [0.5, 0.6) is 0 Å². The molecule has 0 bridgehead atoms.